The number of benzene rings is 2. The molecule has 1 aliphatic rings. The van der Waals surface area contributed by atoms with E-state index in [1.165, 1.54) is 34.4 Å². The standard InChI is InChI=1S/C27H20FN3O3S/c1-16-25(35-26(30-16)18-7-3-2-4-8-18)23(32)21-22(19-9-5-6-10-20(19)28)31(27(34)24(21)33)15-17-11-13-29-14-12-17/h2-14,22,33H,15H2,1H3. The number of thiazole rings is 1. The number of hydrogen-bond acceptors (Lipinski definition) is 6. The van der Waals surface area contributed by atoms with E-state index < -0.39 is 29.3 Å². The van der Waals surface area contributed by atoms with Crippen LogP contribution in [0.1, 0.15) is 32.5 Å². The summed E-state index contributed by atoms with van der Waals surface area (Å²) in [5, 5.41) is 11.5. The molecule has 0 radical (unpaired) electrons. The van der Waals surface area contributed by atoms with E-state index in [0.717, 1.165) is 11.1 Å². The Labute approximate surface area is 205 Å². The topological polar surface area (TPSA) is 83.4 Å². The summed E-state index contributed by atoms with van der Waals surface area (Å²) in [4.78, 5) is 37.1. The minimum atomic E-state index is -1.09. The lowest BCUT2D eigenvalue weighted by atomic mass is 9.94. The molecule has 174 valence electrons. The number of aliphatic hydroxyl groups excluding tert-OH is 1. The zero-order valence-corrected chi connectivity index (χ0v) is 19.5. The number of amides is 1. The number of carbonyl (C=O) groups is 2. The summed E-state index contributed by atoms with van der Waals surface area (Å²) in [6, 6.07) is 17.7. The van der Waals surface area contributed by atoms with Crippen molar-refractivity contribution in [3.8, 4) is 10.6 Å². The molecule has 2 aromatic heterocycles. The van der Waals surface area contributed by atoms with Crippen molar-refractivity contribution in [3.05, 3.63) is 118 Å². The number of hydrogen-bond donors (Lipinski definition) is 1. The molecule has 0 saturated carbocycles. The molecule has 35 heavy (non-hydrogen) atoms. The fraction of sp³-hybridized carbons (Fsp3) is 0.111. The predicted octanol–water partition coefficient (Wildman–Crippen LogP) is 5.43. The van der Waals surface area contributed by atoms with Crippen molar-refractivity contribution >= 4 is 23.0 Å². The first-order valence-electron chi connectivity index (χ1n) is 10.9. The lowest BCUT2D eigenvalue weighted by Crippen LogP contribution is -2.31. The van der Waals surface area contributed by atoms with Crippen LogP contribution in [0.3, 0.4) is 0 Å². The van der Waals surface area contributed by atoms with Gasteiger partial charge in [-0.15, -0.1) is 11.3 Å². The fourth-order valence-corrected chi connectivity index (χ4v) is 5.21. The van der Waals surface area contributed by atoms with Gasteiger partial charge in [0.25, 0.3) is 5.91 Å². The number of rotatable bonds is 6. The molecule has 0 saturated heterocycles. The molecule has 1 amide bonds. The summed E-state index contributed by atoms with van der Waals surface area (Å²) in [5.41, 5.74) is 2.04. The number of halogens is 1. The maximum absolute atomic E-state index is 15.0. The van der Waals surface area contributed by atoms with Crippen LogP contribution in [0, 0.1) is 12.7 Å². The number of aromatic nitrogens is 2. The number of nitrogens with zero attached hydrogens (tertiary/aromatic N) is 3. The van der Waals surface area contributed by atoms with Gasteiger partial charge in [-0.3, -0.25) is 14.6 Å². The van der Waals surface area contributed by atoms with Gasteiger partial charge in [-0.05, 0) is 30.7 Å². The van der Waals surface area contributed by atoms with Crippen LogP contribution in [0.5, 0.6) is 0 Å². The molecule has 0 spiro atoms. The van der Waals surface area contributed by atoms with Crippen LogP contribution in [0.2, 0.25) is 0 Å². The zero-order valence-electron chi connectivity index (χ0n) is 18.7. The molecule has 6 nitrogen and oxygen atoms in total. The van der Waals surface area contributed by atoms with Gasteiger partial charge in [-0.2, -0.15) is 0 Å². The Kier molecular flexibility index (Phi) is 5.96. The van der Waals surface area contributed by atoms with Gasteiger partial charge in [0.05, 0.1) is 22.2 Å². The van der Waals surface area contributed by atoms with E-state index in [9.17, 15) is 19.1 Å². The Morgan fingerprint density at radius 1 is 1.06 bits per heavy atom. The zero-order chi connectivity index (χ0) is 24.5. The van der Waals surface area contributed by atoms with Crippen LogP contribution in [0.15, 0.2) is 90.5 Å². The average Bonchev–Trinajstić information content (AvgIpc) is 3.38. The highest BCUT2D eigenvalue weighted by atomic mass is 32.1. The maximum Gasteiger partial charge on any atom is 0.290 e. The predicted molar refractivity (Wildman–Crippen MR) is 130 cm³/mol. The normalized spacial score (nSPS) is 15.7. The summed E-state index contributed by atoms with van der Waals surface area (Å²) in [6.45, 7) is 1.77. The van der Waals surface area contributed by atoms with E-state index in [2.05, 4.69) is 9.97 Å². The molecule has 1 atom stereocenters. The average molecular weight is 486 g/mol. The highest BCUT2D eigenvalue weighted by molar-refractivity contribution is 7.17. The van der Waals surface area contributed by atoms with E-state index in [4.69, 9.17) is 0 Å². The lowest BCUT2D eigenvalue weighted by Gasteiger charge is -2.27. The van der Waals surface area contributed by atoms with E-state index >= 15 is 0 Å². The molecule has 1 aliphatic heterocycles. The van der Waals surface area contributed by atoms with Crippen molar-refractivity contribution in [1.82, 2.24) is 14.9 Å². The third kappa shape index (κ3) is 4.13. The first-order chi connectivity index (χ1) is 17.0. The molecule has 1 N–H and O–H groups in total. The van der Waals surface area contributed by atoms with Gasteiger partial charge in [-0.25, -0.2) is 9.37 Å². The van der Waals surface area contributed by atoms with Crippen molar-refractivity contribution in [2.75, 3.05) is 0 Å². The van der Waals surface area contributed by atoms with Crippen LogP contribution in [-0.2, 0) is 11.3 Å². The lowest BCUT2D eigenvalue weighted by molar-refractivity contribution is -0.130. The molecule has 0 aliphatic carbocycles. The second-order valence-corrected chi connectivity index (χ2v) is 9.10. The summed E-state index contributed by atoms with van der Waals surface area (Å²) < 4.78 is 15.0. The second kappa shape index (κ2) is 9.23. The van der Waals surface area contributed by atoms with Crippen LogP contribution in [0.25, 0.3) is 10.6 Å². The van der Waals surface area contributed by atoms with E-state index in [0.29, 0.717) is 15.6 Å². The number of pyridine rings is 1. The Morgan fingerprint density at radius 3 is 2.46 bits per heavy atom. The number of aryl methyl sites for hydroxylation is 1. The Hall–Kier alpha value is -4.17. The van der Waals surface area contributed by atoms with Gasteiger partial charge < -0.3 is 10.0 Å². The van der Waals surface area contributed by atoms with Crippen LogP contribution >= 0.6 is 11.3 Å². The first-order valence-corrected chi connectivity index (χ1v) is 11.7. The number of ketones is 1. The van der Waals surface area contributed by atoms with Crippen molar-refractivity contribution in [1.29, 1.82) is 0 Å². The van der Waals surface area contributed by atoms with E-state index in [1.807, 2.05) is 30.3 Å². The molecule has 3 heterocycles. The smallest absolute Gasteiger partial charge is 0.290 e. The molecular weight excluding hydrogens is 465 g/mol. The van der Waals surface area contributed by atoms with Crippen LogP contribution in [0.4, 0.5) is 4.39 Å². The number of aliphatic hydroxyl groups is 1. The third-order valence-corrected chi connectivity index (χ3v) is 7.08. The number of Topliss-reactive ketones (excluding diaryl/α,β-unsaturated/α-hetero) is 1. The summed E-state index contributed by atoms with van der Waals surface area (Å²) >= 11 is 1.18. The van der Waals surface area contributed by atoms with Gasteiger partial charge >= 0.3 is 0 Å². The van der Waals surface area contributed by atoms with Crippen molar-refractivity contribution in [3.63, 3.8) is 0 Å². The van der Waals surface area contributed by atoms with Gasteiger partial charge in [0.15, 0.2) is 5.76 Å². The van der Waals surface area contributed by atoms with Crippen molar-refractivity contribution in [2.45, 2.75) is 19.5 Å². The Bertz CT molecular complexity index is 1450. The molecule has 5 rings (SSSR count). The highest BCUT2D eigenvalue weighted by Gasteiger charge is 2.45. The summed E-state index contributed by atoms with van der Waals surface area (Å²) in [7, 11) is 0. The first kappa shape index (κ1) is 22.6. The number of carbonyl (C=O) groups excluding carboxylic acids is 2. The van der Waals surface area contributed by atoms with Crippen molar-refractivity contribution < 1.29 is 19.1 Å². The van der Waals surface area contributed by atoms with E-state index in [1.54, 1.807) is 37.5 Å². The molecular formula is C27H20FN3O3S. The largest absolute Gasteiger partial charge is 0.503 e. The van der Waals surface area contributed by atoms with Crippen LogP contribution in [-0.4, -0.2) is 31.7 Å². The second-order valence-electron chi connectivity index (χ2n) is 8.10. The maximum atomic E-state index is 15.0. The third-order valence-electron chi connectivity index (χ3n) is 5.87. The highest BCUT2D eigenvalue weighted by Crippen LogP contribution is 2.42. The molecule has 0 bridgehead atoms. The SMILES string of the molecule is Cc1nc(-c2ccccc2)sc1C(=O)C1=C(O)C(=O)N(Cc2ccncc2)C1c1ccccc1F. The quantitative estimate of drug-likeness (QED) is 0.368. The molecule has 0 fully saturated rings. The minimum Gasteiger partial charge on any atom is -0.503 e. The Balaban J connectivity index is 1.60. The fourth-order valence-electron chi connectivity index (χ4n) is 4.19. The van der Waals surface area contributed by atoms with Gasteiger partial charge in [0.2, 0.25) is 5.78 Å². The molecule has 4 aromatic rings. The molecule has 8 heteroatoms. The van der Waals surface area contributed by atoms with Gasteiger partial charge in [-0.1, -0.05) is 48.5 Å². The summed E-state index contributed by atoms with van der Waals surface area (Å²) in [5.74, 6) is -2.52. The Morgan fingerprint density at radius 2 is 1.74 bits per heavy atom. The van der Waals surface area contributed by atoms with Crippen molar-refractivity contribution in [2.24, 2.45) is 0 Å². The van der Waals surface area contributed by atoms with Crippen LogP contribution < -0.4 is 0 Å². The monoisotopic (exact) mass is 485 g/mol. The van der Waals surface area contributed by atoms with Gasteiger partial charge in [0.1, 0.15) is 10.8 Å². The molecule has 1 unspecified atom stereocenters. The summed E-state index contributed by atoms with van der Waals surface area (Å²) in [6.07, 6.45) is 3.16. The molecule has 2 aromatic carbocycles. The minimum absolute atomic E-state index is 0.0676. The van der Waals surface area contributed by atoms with E-state index in [-0.39, 0.29) is 17.7 Å². The van der Waals surface area contributed by atoms with Gasteiger partial charge in [0, 0.05) is 30.1 Å².